The van der Waals surface area contributed by atoms with Crippen molar-refractivity contribution in [2.45, 2.75) is 19.4 Å². The third-order valence-corrected chi connectivity index (χ3v) is 3.90. The predicted octanol–water partition coefficient (Wildman–Crippen LogP) is 2.40. The number of methoxy groups -OCH3 is 1. The lowest BCUT2D eigenvalue weighted by atomic mass is 10.1. The second-order valence-corrected chi connectivity index (χ2v) is 5.86. The molecule has 0 aromatic heterocycles. The number of hydrogen-bond acceptors (Lipinski definition) is 3. The summed E-state index contributed by atoms with van der Waals surface area (Å²) in [4.78, 5) is 25.6. The van der Waals surface area contributed by atoms with Crippen molar-refractivity contribution in [2.24, 2.45) is 0 Å². The quantitative estimate of drug-likeness (QED) is 0.751. The predicted molar refractivity (Wildman–Crippen MR) is 97.2 cm³/mol. The molecule has 0 spiro atoms. The molecule has 25 heavy (non-hydrogen) atoms. The van der Waals surface area contributed by atoms with Gasteiger partial charge in [0.1, 0.15) is 12.2 Å². The molecule has 2 amide bonds. The molecule has 5 heteroatoms. The second kappa shape index (κ2) is 9.47. The topological polar surface area (TPSA) is 58.6 Å². The Hall–Kier alpha value is -2.82. The van der Waals surface area contributed by atoms with Crippen molar-refractivity contribution < 1.29 is 14.3 Å². The molecular weight excluding hydrogens is 316 g/mol. The van der Waals surface area contributed by atoms with E-state index in [1.54, 1.807) is 19.1 Å². The molecule has 0 saturated heterocycles. The third-order valence-electron chi connectivity index (χ3n) is 3.90. The minimum Gasteiger partial charge on any atom is -0.497 e. The number of nitrogens with zero attached hydrogens (tertiary/aromatic N) is 1. The first-order valence-corrected chi connectivity index (χ1v) is 8.26. The first kappa shape index (κ1) is 18.5. The molecular formula is C20H24N2O3. The summed E-state index contributed by atoms with van der Waals surface area (Å²) < 4.78 is 5.11. The number of ether oxygens (including phenoxy) is 1. The fraction of sp³-hybridized carbons (Fsp3) is 0.300. The molecule has 0 aliphatic carbocycles. The van der Waals surface area contributed by atoms with Crippen LogP contribution in [0.5, 0.6) is 5.75 Å². The SMILES string of the molecule is COc1ccc(CCNC(=O)CC(=O)N(C)Cc2ccccc2)cc1. The average molecular weight is 340 g/mol. The van der Waals surface area contributed by atoms with E-state index in [2.05, 4.69) is 5.32 Å². The van der Waals surface area contributed by atoms with E-state index in [0.717, 1.165) is 16.9 Å². The van der Waals surface area contributed by atoms with Gasteiger partial charge in [0.25, 0.3) is 0 Å². The molecule has 1 N–H and O–H groups in total. The van der Waals surface area contributed by atoms with Crippen molar-refractivity contribution in [2.75, 3.05) is 20.7 Å². The number of rotatable bonds is 8. The maximum atomic E-state index is 12.1. The molecule has 0 heterocycles. The Morgan fingerprint density at radius 1 is 1.00 bits per heavy atom. The van der Waals surface area contributed by atoms with Gasteiger partial charge in [-0.3, -0.25) is 9.59 Å². The van der Waals surface area contributed by atoms with Gasteiger partial charge < -0.3 is 15.0 Å². The van der Waals surface area contributed by atoms with Gasteiger partial charge >= 0.3 is 0 Å². The zero-order chi connectivity index (χ0) is 18.1. The van der Waals surface area contributed by atoms with Crippen molar-refractivity contribution in [3.8, 4) is 5.75 Å². The van der Waals surface area contributed by atoms with Crippen LogP contribution in [0.2, 0.25) is 0 Å². The zero-order valence-corrected chi connectivity index (χ0v) is 14.7. The molecule has 0 fully saturated rings. The largest absolute Gasteiger partial charge is 0.497 e. The zero-order valence-electron chi connectivity index (χ0n) is 14.7. The molecule has 0 saturated carbocycles. The van der Waals surface area contributed by atoms with Crippen molar-refractivity contribution in [3.05, 3.63) is 65.7 Å². The van der Waals surface area contributed by atoms with Crippen LogP contribution in [0.4, 0.5) is 0 Å². The highest BCUT2D eigenvalue weighted by atomic mass is 16.5. The van der Waals surface area contributed by atoms with Gasteiger partial charge in [0.2, 0.25) is 11.8 Å². The summed E-state index contributed by atoms with van der Waals surface area (Å²) in [5.74, 6) is 0.365. The van der Waals surface area contributed by atoms with Gasteiger partial charge in [0.15, 0.2) is 0 Å². The molecule has 2 aromatic rings. The van der Waals surface area contributed by atoms with Crippen LogP contribution in [-0.4, -0.2) is 37.4 Å². The Bertz CT molecular complexity index is 684. The monoisotopic (exact) mass is 340 g/mol. The van der Waals surface area contributed by atoms with Gasteiger partial charge in [-0.05, 0) is 29.7 Å². The van der Waals surface area contributed by atoms with Crippen molar-refractivity contribution in [1.82, 2.24) is 10.2 Å². The summed E-state index contributed by atoms with van der Waals surface area (Å²) >= 11 is 0. The molecule has 132 valence electrons. The molecule has 0 bridgehead atoms. The first-order chi connectivity index (χ1) is 12.1. The van der Waals surface area contributed by atoms with Crippen LogP contribution in [0.25, 0.3) is 0 Å². The molecule has 5 nitrogen and oxygen atoms in total. The Kier molecular flexibility index (Phi) is 7.01. The Balaban J connectivity index is 1.70. The van der Waals surface area contributed by atoms with Crippen LogP contribution >= 0.6 is 0 Å². The van der Waals surface area contributed by atoms with Crippen molar-refractivity contribution >= 4 is 11.8 Å². The molecule has 0 radical (unpaired) electrons. The van der Waals surface area contributed by atoms with E-state index in [4.69, 9.17) is 4.74 Å². The number of carbonyl (C=O) groups excluding carboxylic acids is 2. The highest BCUT2D eigenvalue weighted by Crippen LogP contribution is 2.11. The Morgan fingerprint density at radius 3 is 2.32 bits per heavy atom. The summed E-state index contributed by atoms with van der Waals surface area (Å²) in [5, 5.41) is 2.79. The van der Waals surface area contributed by atoms with E-state index in [1.165, 1.54) is 0 Å². The molecule has 0 atom stereocenters. The summed E-state index contributed by atoms with van der Waals surface area (Å²) in [6.45, 7) is 1.000. The molecule has 0 unspecified atom stereocenters. The van der Waals surface area contributed by atoms with E-state index >= 15 is 0 Å². The fourth-order valence-electron chi connectivity index (χ4n) is 2.42. The number of carbonyl (C=O) groups is 2. The molecule has 0 aliphatic rings. The lowest BCUT2D eigenvalue weighted by Crippen LogP contribution is -2.33. The average Bonchev–Trinajstić information content (AvgIpc) is 2.63. The van der Waals surface area contributed by atoms with E-state index in [0.29, 0.717) is 19.5 Å². The maximum Gasteiger partial charge on any atom is 0.232 e. The highest BCUT2D eigenvalue weighted by Gasteiger charge is 2.13. The van der Waals surface area contributed by atoms with Crippen LogP contribution in [0, 0.1) is 0 Å². The van der Waals surface area contributed by atoms with Gasteiger partial charge in [-0.25, -0.2) is 0 Å². The number of hydrogen-bond donors (Lipinski definition) is 1. The van der Waals surface area contributed by atoms with E-state index < -0.39 is 0 Å². The summed E-state index contributed by atoms with van der Waals surface area (Å²) in [6.07, 6.45) is 0.579. The lowest BCUT2D eigenvalue weighted by Gasteiger charge is -2.17. The van der Waals surface area contributed by atoms with Gasteiger partial charge in [-0.15, -0.1) is 0 Å². The third kappa shape index (κ3) is 6.30. The second-order valence-electron chi connectivity index (χ2n) is 5.86. The number of benzene rings is 2. The number of amides is 2. The minimum absolute atomic E-state index is 0.133. The standard InChI is InChI=1S/C20H24N2O3/c1-22(15-17-6-4-3-5-7-17)20(24)14-19(23)21-13-12-16-8-10-18(25-2)11-9-16/h3-11H,12-15H2,1-2H3,(H,21,23). The van der Waals surface area contributed by atoms with Gasteiger partial charge in [0, 0.05) is 20.1 Å². The van der Waals surface area contributed by atoms with E-state index in [-0.39, 0.29) is 18.2 Å². The Morgan fingerprint density at radius 2 is 1.68 bits per heavy atom. The van der Waals surface area contributed by atoms with Crippen LogP contribution in [0.15, 0.2) is 54.6 Å². The molecule has 0 aliphatic heterocycles. The van der Waals surface area contributed by atoms with Crippen molar-refractivity contribution in [3.63, 3.8) is 0 Å². The normalized spacial score (nSPS) is 10.2. The summed E-state index contributed by atoms with van der Waals surface area (Å²) in [6, 6.07) is 17.4. The van der Waals surface area contributed by atoms with E-state index in [1.807, 2.05) is 54.6 Å². The molecule has 2 aromatic carbocycles. The van der Waals surface area contributed by atoms with Gasteiger partial charge in [-0.1, -0.05) is 42.5 Å². The Labute approximate surface area is 148 Å². The van der Waals surface area contributed by atoms with Crippen LogP contribution in [-0.2, 0) is 22.6 Å². The van der Waals surface area contributed by atoms with E-state index in [9.17, 15) is 9.59 Å². The molecule has 2 rings (SSSR count). The maximum absolute atomic E-state index is 12.1. The minimum atomic E-state index is -0.251. The first-order valence-electron chi connectivity index (χ1n) is 8.26. The van der Waals surface area contributed by atoms with Crippen LogP contribution < -0.4 is 10.1 Å². The van der Waals surface area contributed by atoms with Crippen LogP contribution in [0.1, 0.15) is 17.5 Å². The van der Waals surface area contributed by atoms with Gasteiger partial charge in [0.05, 0.1) is 7.11 Å². The van der Waals surface area contributed by atoms with Crippen LogP contribution in [0.3, 0.4) is 0 Å². The fourth-order valence-corrected chi connectivity index (χ4v) is 2.42. The number of nitrogens with one attached hydrogen (secondary N) is 1. The highest BCUT2D eigenvalue weighted by molar-refractivity contribution is 5.96. The van der Waals surface area contributed by atoms with Gasteiger partial charge in [-0.2, -0.15) is 0 Å². The summed E-state index contributed by atoms with van der Waals surface area (Å²) in [7, 11) is 3.33. The summed E-state index contributed by atoms with van der Waals surface area (Å²) in [5.41, 5.74) is 2.15. The smallest absolute Gasteiger partial charge is 0.232 e. The van der Waals surface area contributed by atoms with Crippen molar-refractivity contribution in [1.29, 1.82) is 0 Å². The lowest BCUT2D eigenvalue weighted by molar-refractivity contribution is -0.135.